The van der Waals surface area contributed by atoms with Crippen LogP contribution >= 0.6 is 11.6 Å². The predicted octanol–water partition coefficient (Wildman–Crippen LogP) is 3.70. The van der Waals surface area contributed by atoms with Gasteiger partial charge in [0.25, 0.3) is 10.0 Å². The minimum Gasteiger partial charge on any atom is -0.493 e. The van der Waals surface area contributed by atoms with E-state index in [9.17, 15) is 13.2 Å². The van der Waals surface area contributed by atoms with E-state index in [4.69, 9.17) is 25.8 Å². The lowest BCUT2D eigenvalue weighted by Crippen LogP contribution is -2.40. The molecule has 1 heterocycles. The molecule has 1 fully saturated rings. The maximum Gasteiger partial charge on any atom is 0.264 e. The number of nitrogens with zero attached hydrogens (tertiary/aromatic N) is 2. The van der Waals surface area contributed by atoms with Crippen molar-refractivity contribution >= 4 is 33.2 Å². The molecule has 0 spiro atoms. The summed E-state index contributed by atoms with van der Waals surface area (Å²) in [5, 5.41) is 3.28. The fourth-order valence-corrected chi connectivity index (χ4v) is 5.76. The highest BCUT2D eigenvalue weighted by Crippen LogP contribution is 2.32. The Hall–Kier alpha value is -3.31. The summed E-state index contributed by atoms with van der Waals surface area (Å²) in [5.74, 6) is 0.200. The van der Waals surface area contributed by atoms with Gasteiger partial charge in [0.15, 0.2) is 11.5 Å². The van der Waals surface area contributed by atoms with Gasteiger partial charge in [-0.05, 0) is 47.5 Å². The third-order valence-electron chi connectivity index (χ3n) is 6.37. The number of benzene rings is 3. The van der Waals surface area contributed by atoms with Crippen molar-refractivity contribution in [3.8, 4) is 11.5 Å². The standard InChI is InChI=1S/C28H32ClN3O6S/c1-36-26-12-11-25(17-27(26)37-2)39(34,35)32(24-9-7-23(29)8-10-24)20-28(33)30-18-21-3-5-22(6-4-21)19-31-13-15-38-16-14-31/h3-12,17H,13-16,18-20H2,1-2H3,(H,30,33). The lowest BCUT2D eigenvalue weighted by Gasteiger charge is -2.26. The van der Waals surface area contributed by atoms with E-state index in [0.29, 0.717) is 16.5 Å². The molecule has 1 aliphatic rings. The van der Waals surface area contributed by atoms with Gasteiger partial charge in [-0.2, -0.15) is 0 Å². The van der Waals surface area contributed by atoms with Crippen LogP contribution in [0.5, 0.6) is 11.5 Å². The molecule has 0 atom stereocenters. The summed E-state index contributed by atoms with van der Waals surface area (Å²) in [7, 11) is -1.25. The van der Waals surface area contributed by atoms with E-state index < -0.39 is 22.5 Å². The van der Waals surface area contributed by atoms with Crippen molar-refractivity contribution < 1.29 is 27.4 Å². The van der Waals surface area contributed by atoms with Crippen molar-refractivity contribution in [2.45, 2.75) is 18.0 Å². The van der Waals surface area contributed by atoms with E-state index in [1.807, 2.05) is 24.3 Å². The maximum absolute atomic E-state index is 13.7. The van der Waals surface area contributed by atoms with Crippen molar-refractivity contribution in [1.29, 1.82) is 0 Å². The second kappa shape index (κ2) is 13.2. The van der Waals surface area contributed by atoms with Crippen LogP contribution in [0.4, 0.5) is 5.69 Å². The Morgan fingerprint density at radius 3 is 2.23 bits per heavy atom. The van der Waals surface area contributed by atoms with Crippen LogP contribution in [0.2, 0.25) is 5.02 Å². The molecule has 0 unspecified atom stereocenters. The van der Waals surface area contributed by atoms with Crippen LogP contribution in [0.3, 0.4) is 0 Å². The zero-order valence-electron chi connectivity index (χ0n) is 21.9. The minimum absolute atomic E-state index is 0.0428. The van der Waals surface area contributed by atoms with E-state index in [1.165, 1.54) is 38.0 Å². The molecule has 0 aromatic heterocycles. The fourth-order valence-electron chi connectivity index (χ4n) is 4.19. The summed E-state index contributed by atoms with van der Waals surface area (Å²) >= 11 is 6.02. The molecule has 0 saturated carbocycles. The average molecular weight is 574 g/mol. The highest BCUT2D eigenvalue weighted by atomic mass is 35.5. The molecular formula is C28H32ClN3O6S. The summed E-state index contributed by atoms with van der Waals surface area (Å²) < 4.78 is 44.4. The number of carbonyl (C=O) groups excluding carboxylic acids is 1. The Balaban J connectivity index is 1.47. The number of halogens is 1. The molecule has 208 valence electrons. The van der Waals surface area contributed by atoms with Crippen LogP contribution < -0.4 is 19.1 Å². The topological polar surface area (TPSA) is 97.4 Å². The molecule has 0 bridgehead atoms. The number of carbonyl (C=O) groups is 1. The number of hydrogen-bond acceptors (Lipinski definition) is 7. The minimum atomic E-state index is -4.14. The van der Waals surface area contributed by atoms with Crippen LogP contribution in [0.25, 0.3) is 0 Å². The third-order valence-corrected chi connectivity index (χ3v) is 8.39. The monoisotopic (exact) mass is 573 g/mol. The molecular weight excluding hydrogens is 542 g/mol. The van der Waals surface area contributed by atoms with Gasteiger partial charge in [-0.15, -0.1) is 0 Å². The number of amides is 1. The lowest BCUT2D eigenvalue weighted by molar-refractivity contribution is -0.119. The molecule has 1 N–H and O–H groups in total. The Morgan fingerprint density at radius 2 is 1.59 bits per heavy atom. The highest BCUT2D eigenvalue weighted by molar-refractivity contribution is 7.92. The van der Waals surface area contributed by atoms with Crippen LogP contribution in [-0.4, -0.2) is 66.3 Å². The first kappa shape index (κ1) is 28.7. The molecule has 3 aromatic carbocycles. The van der Waals surface area contributed by atoms with E-state index in [-0.39, 0.29) is 17.2 Å². The number of hydrogen-bond donors (Lipinski definition) is 1. The summed E-state index contributed by atoms with van der Waals surface area (Å²) in [6.45, 7) is 4.01. The molecule has 4 rings (SSSR count). The largest absolute Gasteiger partial charge is 0.493 e. The SMILES string of the molecule is COc1ccc(S(=O)(=O)N(CC(=O)NCc2ccc(CN3CCOCC3)cc2)c2ccc(Cl)cc2)cc1OC. The molecule has 11 heteroatoms. The number of sulfonamides is 1. The van der Waals surface area contributed by atoms with Crippen molar-refractivity contribution in [3.63, 3.8) is 0 Å². The van der Waals surface area contributed by atoms with Crippen molar-refractivity contribution in [3.05, 3.63) is 82.9 Å². The Kier molecular flexibility index (Phi) is 9.68. The van der Waals surface area contributed by atoms with Gasteiger partial charge < -0.3 is 19.5 Å². The number of ether oxygens (including phenoxy) is 3. The number of anilines is 1. The second-order valence-corrected chi connectivity index (χ2v) is 11.3. The van der Waals surface area contributed by atoms with Crippen LogP contribution in [-0.2, 0) is 32.6 Å². The van der Waals surface area contributed by atoms with Gasteiger partial charge >= 0.3 is 0 Å². The highest BCUT2D eigenvalue weighted by Gasteiger charge is 2.28. The van der Waals surface area contributed by atoms with Gasteiger partial charge in [0.05, 0.1) is 38.0 Å². The maximum atomic E-state index is 13.7. The molecule has 1 aliphatic heterocycles. The Labute approximate surface area is 234 Å². The van der Waals surface area contributed by atoms with Crippen LogP contribution in [0.1, 0.15) is 11.1 Å². The van der Waals surface area contributed by atoms with Crippen molar-refractivity contribution in [2.75, 3.05) is 51.4 Å². The molecule has 0 radical (unpaired) electrons. The number of morpholine rings is 1. The van der Waals surface area contributed by atoms with Crippen LogP contribution in [0.15, 0.2) is 71.6 Å². The van der Waals surface area contributed by atoms with Gasteiger partial charge in [-0.3, -0.25) is 14.0 Å². The van der Waals surface area contributed by atoms with Gasteiger partial charge in [0, 0.05) is 37.3 Å². The van der Waals surface area contributed by atoms with E-state index >= 15 is 0 Å². The van der Waals surface area contributed by atoms with Gasteiger partial charge in [0.1, 0.15) is 6.54 Å². The first-order valence-corrected chi connectivity index (χ1v) is 14.3. The first-order chi connectivity index (χ1) is 18.8. The van der Waals surface area contributed by atoms with E-state index in [1.54, 1.807) is 24.3 Å². The zero-order valence-corrected chi connectivity index (χ0v) is 23.5. The number of methoxy groups -OCH3 is 2. The van der Waals surface area contributed by atoms with E-state index in [2.05, 4.69) is 10.2 Å². The van der Waals surface area contributed by atoms with Crippen molar-refractivity contribution in [2.24, 2.45) is 0 Å². The van der Waals surface area contributed by atoms with Crippen LogP contribution in [0, 0.1) is 0 Å². The molecule has 1 saturated heterocycles. The number of nitrogens with one attached hydrogen (secondary N) is 1. The number of rotatable bonds is 11. The van der Waals surface area contributed by atoms with Gasteiger partial charge in [0.2, 0.25) is 5.91 Å². The molecule has 0 aliphatic carbocycles. The summed E-state index contributed by atoms with van der Waals surface area (Å²) in [6, 6.07) is 18.6. The molecule has 1 amide bonds. The van der Waals surface area contributed by atoms with Gasteiger partial charge in [-0.1, -0.05) is 35.9 Å². The Morgan fingerprint density at radius 1 is 0.949 bits per heavy atom. The predicted molar refractivity (Wildman–Crippen MR) is 150 cm³/mol. The molecule has 3 aromatic rings. The quantitative estimate of drug-likeness (QED) is 0.373. The summed E-state index contributed by atoms with van der Waals surface area (Å²) in [6.07, 6.45) is 0. The fraction of sp³-hybridized carbons (Fsp3) is 0.321. The first-order valence-electron chi connectivity index (χ1n) is 12.4. The van der Waals surface area contributed by atoms with Gasteiger partial charge in [-0.25, -0.2) is 8.42 Å². The van der Waals surface area contributed by atoms with E-state index in [0.717, 1.165) is 42.7 Å². The smallest absolute Gasteiger partial charge is 0.264 e. The normalized spacial score (nSPS) is 14.0. The summed E-state index contributed by atoms with van der Waals surface area (Å²) in [4.78, 5) is 15.3. The van der Waals surface area contributed by atoms with Crippen molar-refractivity contribution in [1.82, 2.24) is 10.2 Å². The average Bonchev–Trinajstić information content (AvgIpc) is 2.96. The Bertz CT molecular complexity index is 1360. The second-order valence-electron chi connectivity index (χ2n) is 8.99. The lowest BCUT2D eigenvalue weighted by atomic mass is 10.1. The summed E-state index contributed by atoms with van der Waals surface area (Å²) in [5.41, 5.74) is 2.40. The molecule has 9 nitrogen and oxygen atoms in total. The molecule has 39 heavy (non-hydrogen) atoms. The zero-order chi connectivity index (χ0) is 27.8. The third kappa shape index (κ3) is 7.42.